The first kappa shape index (κ1) is 19.4. The number of nitrogens with one attached hydrogen (secondary N) is 1. The second-order valence-electron chi connectivity index (χ2n) is 6.86. The van der Waals surface area contributed by atoms with Gasteiger partial charge in [0.15, 0.2) is 0 Å². The Morgan fingerprint density at radius 1 is 1.00 bits per heavy atom. The molecular weight excluding hydrogens is 381 g/mol. The molecule has 1 heterocycles. The molecule has 0 aliphatic carbocycles. The molecule has 30 heavy (non-hydrogen) atoms. The van der Waals surface area contributed by atoms with Gasteiger partial charge in [0.25, 0.3) is 5.91 Å². The highest BCUT2D eigenvalue weighted by molar-refractivity contribution is 6.04. The number of nitrogens with zero attached hydrogens (tertiary/aromatic N) is 2. The minimum atomic E-state index is -0.361. The van der Waals surface area contributed by atoms with E-state index in [1.54, 1.807) is 17.9 Å². The Kier molecular flexibility index (Phi) is 5.30. The second kappa shape index (κ2) is 8.21. The summed E-state index contributed by atoms with van der Waals surface area (Å²) in [5.74, 6) is 0.0427. The molecule has 0 unspecified atom stereocenters. The van der Waals surface area contributed by atoms with Crippen LogP contribution in [0.25, 0.3) is 16.9 Å². The van der Waals surface area contributed by atoms with E-state index in [-0.39, 0.29) is 11.7 Å². The third-order valence-electron chi connectivity index (χ3n) is 4.68. The summed E-state index contributed by atoms with van der Waals surface area (Å²) in [5.41, 5.74) is 4.22. The monoisotopic (exact) mass is 401 g/mol. The molecule has 0 aliphatic heterocycles. The van der Waals surface area contributed by atoms with Crippen molar-refractivity contribution in [2.45, 2.75) is 6.92 Å². The maximum absolute atomic E-state index is 13.2. The lowest BCUT2D eigenvalue weighted by Crippen LogP contribution is -2.17. The largest absolute Gasteiger partial charge is 0.497 e. The van der Waals surface area contributed by atoms with Crippen LogP contribution in [-0.4, -0.2) is 22.8 Å². The molecule has 4 rings (SSSR count). The van der Waals surface area contributed by atoms with Crippen molar-refractivity contribution >= 4 is 11.6 Å². The normalized spacial score (nSPS) is 10.6. The van der Waals surface area contributed by atoms with Crippen LogP contribution in [0.3, 0.4) is 0 Å². The minimum Gasteiger partial charge on any atom is -0.497 e. The van der Waals surface area contributed by atoms with Gasteiger partial charge < -0.3 is 10.1 Å². The van der Waals surface area contributed by atoms with Gasteiger partial charge in [0.1, 0.15) is 17.3 Å². The van der Waals surface area contributed by atoms with E-state index < -0.39 is 0 Å². The number of aromatic nitrogens is 2. The molecule has 4 aromatic rings. The molecule has 6 heteroatoms. The van der Waals surface area contributed by atoms with Gasteiger partial charge in [-0.05, 0) is 79.2 Å². The Bertz CT molecular complexity index is 1180. The number of carbonyl (C=O) groups excluding carboxylic acids is 1. The van der Waals surface area contributed by atoms with Crippen molar-refractivity contribution in [1.82, 2.24) is 9.78 Å². The van der Waals surface area contributed by atoms with Gasteiger partial charge in [0.05, 0.1) is 18.5 Å². The number of anilines is 1. The Morgan fingerprint density at radius 3 is 2.40 bits per heavy atom. The van der Waals surface area contributed by atoms with Gasteiger partial charge >= 0.3 is 0 Å². The molecule has 1 amide bonds. The maximum Gasteiger partial charge on any atom is 0.274 e. The molecule has 0 fully saturated rings. The molecule has 0 aliphatic rings. The van der Waals surface area contributed by atoms with Gasteiger partial charge in [-0.3, -0.25) is 4.79 Å². The number of benzene rings is 3. The topological polar surface area (TPSA) is 56.1 Å². The average Bonchev–Trinajstić information content (AvgIpc) is 3.21. The van der Waals surface area contributed by atoms with E-state index in [1.807, 2.05) is 55.5 Å². The van der Waals surface area contributed by atoms with Crippen LogP contribution < -0.4 is 10.1 Å². The summed E-state index contributed by atoms with van der Waals surface area (Å²) in [4.78, 5) is 13.0. The fourth-order valence-corrected chi connectivity index (χ4v) is 3.13. The molecule has 1 aromatic heterocycles. The van der Waals surface area contributed by atoms with E-state index in [2.05, 4.69) is 10.4 Å². The Hall–Kier alpha value is -3.93. The number of hydrogen-bond acceptors (Lipinski definition) is 3. The van der Waals surface area contributed by atoms with Crippen molar-refractivity contribution in [3.05, 3.63) is 95.9 Å². The maximum atomic E-state index is 13.2. The van der Waals surface area contributed by atoms with E-state index in [9.17, 15) is 9.18 Å². The first-order valence-corrected chi connectivity index (χ1v) is 9.42. The summed E-state index contributed by atoms with van der Waals surface area (Å²) in [6.07, 6.45) is 0. The molecule has 0 spiro atoms. The van der Waals surface area contributed by atoms with Crippen LogP contribution in [0.15, 0.2) is 78.9 Å². The third-order valence-corrected chi connectivity index (χ3v) is 4.68. The number of aryl methyl sites for hydroxylation is 1. The van der Waals surface area contributed by atoms with Crippen molar-refractivity contribution in [3.63, 3.8) is 0 Å². The Labute approximate surface area is 173 Å². The van der Waals surface area contributed by atoms with Gasteiger partial charge in [0, 0.05) is 11.3 Å². The molecule has 0 bridgehead atoms. The second-order valence-corrected chi connectivity index (χ2v) is 6.86. The molecule has 0 radical (unpaired) electrons. The molecule has 0 atom stereocenters. The summed E-state index contributed by atoms with van der Waals surface area (Å²) >= 11 is 0. The number of rotatable bonds is 5. The highest BCUT2D eigenvalue weighted by atomic mass is 19.1. The van der Waals surface area contributed by atoms with Crippen molar-refractivity contribution in [3.8, 4) is 22.7 Å². The predicted octanol–water partition coefficient (Wildman–Crippen LogP) is 5.25. The van der Waals surface area contributed by atoms with Crippen molar-refractivity contribution in [1.29, 1.82) is 0 Å². The van der Waals surface area contributed by atoms with Crippen LogP contribution in [0.4, 0.5) is 10.1 Å². The fraction of sp³-hybridized carbons (Fsp3) is 0.0833. The molecular formula is C24H20FN3O2. The highest BCUT2D eigenvalue weighted by Crippen LogP contribution is 2.25. The SMILES string of the molecule is COc1ccc(-c2cc(C(=O)Nc3ccc(F)cc3)n(-c3cccc(C)c3)n2)cc1. The molecule has 5 nitrogen and oxygen atoms in total. The van der Waals surface area contributed by atoms with Crippen LogP contribution in [-0.2, 0) is 0 Å². The van der Waals surface area contributed by atoms with E-state index in [0.717, 1.165) is 22.6 Å². The zero-order valence-electron chi connectivity index (χ0n) is 16.6. The summed E-state index contributed by atoms with van der Waals surface area (Å²) in [7, 11) is 1.61. The summed E-state index contributed by atoms with van der Waals surface area (Å²) < 4.78 is 20.0. The van der Waals surface area contributed by atoms with E-state index >= 15 is 0 Å². The summed E-state index contributed by atoms with van der Waals surface area (Å²) in [6, 6.07) is 22.6. The molecule has 150 valence electrons. The van der Waals surface area contributed by atoms with Crippen LogP contribution in [0.2, 0.25) is 0 Å². The quantitative estimate of drug-likeness (QED) is 0.497. The number of halogens is 1. The van der Waals surface area contributed by atoms with Crippen LogP contribution in [0.5, 0.6) is 5.75 Å². The van der Waals surface area contributed by atoms with Gasteiger partial charge in [-0.15, -0.1) is 0 Å². The highest BCUT2D eigenvalue weighted by Gasteiger charge is 2.18. The van der Waals surface area contributed by atoms with Crippen molar-refractivity contribution < 1.29 is 13.9 Å². The average molecular weight is 401 g/mol. The minimum absolute atomic E-state index is 0.338. The lowest BCUT2D eigenvalue weighted by Gasteiger charge is -2.09. The molecule has 0 saturated heterocycles. The van der Waals surface area contributed by atoms with Crippen LogP contribution in [0, 0.1) is 12.7 Å². The Balaban J connectivity index is 1.75. The zero-order valence-corrected chi connectivity index (χ0v) is 16.6. The molecule has 3 aromatic carbocycles. The standard InChI is InChI=1S/C24H20FN3O2/c1-16-4-3-5-20(14-16)28-23(24(29)26-19-10-8-18(25)9-11-19)15-22(27-28)17-6-12-21(30-2)13-7-17/h3-15H,1-2H3,(H,26,29). The fourth-order valence-electron chi connectivity index (χ4n) is 3.13. The Morgan fingerprint density at radius 2 is 1.73 bits per heavy atom. The van der Waals surface area contributed by atoms with Gasteiger partial charge in [-0.1, -0.05) is 12.1 Å². The molecule has 1 N–H and O–H groups in total. The third kappa shape index (κ3) is 4.07. The van der Waals surface area contributed by atoms with E-state index in [1.165, 1.54) is 24.3 Å². The van der Waals surface area contributed by atoms with Crippen LogP contribution >= 0.6 is 0 Å². The van der Waals surface area contributed by atoms with Crippen LogP contribution in [0.1, 0.15) is 16.1 Å². The molecule has 0 saturated carbocycles. The summed E-state index contributed by atoms with van der Waals surface area (Å²) in [5, 5.41) is 7.49. The lowest BCUT2D eigenvalue weighted by atomic mass is 10.1. The number of ether oxygens (including phenoxy) is 1. The number of hydrogen-bond donors (Lipinski definition) is 1. The van der Waals surface area contributed by atoms with Gasteiger partial charge in [0.2, 0.25) is 0 Å². The first-order valence-electron chi connectivity index (χ1n) is 9.42. The zero-order chi connectivity index (χ0) is 21.1. The van der Waals surface area contributed by atoms with E-state index in [0.29, 0.717) is 17.1 Å². The van der Waals surface area contributed by atoms with Gasteiger partial charge in [-0.2, -0.15) is 5.10 Å². The van der Waals surface area contributed by atoms with Crippen molar-refractivity contribution in [2.24, 2.45) is 0 Å². The first-order chi connectivity index (χ1) is 14.5. The number of methoxy groups -OCH3 is 1. The number of carbonyl (C=O) groups is 1. The number of amides is 1. The predicted molar refractivity (Wildman–Crippen MR) is 115 cm³/mol. The van der Waals surface area contributed by atoms with Gasteiger partial charge in [-0.25, -0.2) is 9.07 Å². The lowest BCUT2D eigenvalue weighted by molar-refractivity contribution is 0.101. The smallest absolute Gasteiger partial charge is 0.274 e. The van der Waals surface area contributed by atoms with E-state index in [4.69, 9.17) is 4.74 Å². The summed E-state index contributed by atoms with van der Waals surface area (Å²) in [6.45, 7) is 1.98. The van der Waals surface area contributed by atoms with Crippen molar-refractivity contribution in [2.75, 3.05) is 12.4 Å².